The molecule has 1 heterocycles. The highest BCUT2D eigenvalue weighted by atomic mass is 32.2. The molecule has 0 aliphatic carbocycles. The van der Waals surface area contributed by atoms with Crippen LogP contribution in [-0.2, 0) is 12.8 Å². The maximum atomic E-state index is 11.1. The van der Waals surface area contributed by atoms with E-state index in [-0.39, 0.29) is 10.6 Å². The zero-order valence-electron chi connectivity index (χ0n) is 11.1. The molecule has 0 bridgehead atoms. The van der Waals surface area contributed by atoms with Crippen LogP contribution in [0, 0.1) is 10.1 Å². The van der Waals surface area contributed by atoms with Gasteiger partial charge in [-0.05, 0) is 29.0 Å². The van der Waals surface area contributed by atoms with Crippen LogP contribution in [0.5, 0.6) is 0 Å². The van der Waals surface area contributed by atoms with E-state index in [0.29, 0.717) is 23.1 Å². The summed E-state index contributed by atoms with van der Waals surface area (Å²) in [6.45, 7) is 2.54. The number of nitro benzene ring substituents is 1. The van der Waals surface area contributed by atoms with Crippen LogP contribution in [-0.4, -0.2) is 31.7 Å². The summed E-state index contributed by atoms with van der Waals surface area (Å²) in [6.07, 6.45) is 0. The Balaban J connectivity index is 2.14. The Hall–Kier alpha value is -2.16. The summed E-state index contributed by atoms with van der Waals surface area (Å²) < 4.78 is 1.56. The SMILES string of the molecule is CCNc1ccc(CSc2nnnn2C)cc1[N+](=O)[O-]. The molecular formula is C11H14N6O2S. The summed E-state index contributed by atoms with van der Waals surface area (Å²) in [4.78, 5) is 10.7. The predicted octanol–water partition coefficient (Wildman–Crippen LogP) is 1.84. The summed E-state index contributed by atoms with van der Waals surface area (Å²) in [5, 5.41) is 25.8. The molecule has 20 heavy (non-hydrogen) atoms. The van der Waals surface area contributed by atoms with Gasteiger partial charge < -0.3 is 5.32 Å². The second-order valence-electron chi connectivity index (χ2n) is 4.01. The minimum atomic E-state index is -0.379. The quantitative estimate of drug-likeness (QED) is 0.493. The van der Waals surface area contributed by atoms with E-state index in [1.807, 2.05) is 13.0 Å². The fourth-order valence-electron chi connectivity index (χ4n) is 1.65. The van der Waals surface area contributed by atoms with Gasteiger partial charge in [-0.15, -0.1) is 5.10 Å². The molecule has 9 heteroatoms. The Labute approximate surface area is 119 Å². The summed E-state index contributed by atoms with van der Waals surface area (Å²) in [5.74, 6) is 0.571. The summed E-state index contributed by atoms with van der Waals surface area (Å²) in [7, 11) is 1.75. The van der Waals surface area contributed by atoms with Gasteiger partial charge in [-0.3, -0.25) is 10.1 Å². The van der Waals surface area contributed by atoms with Crippen molar-refractivity contribution in [3.8, 4) is 0 Å². The largest absolute Gasteiger partial charge is 0.380 e. The molecule has 2 aromatic rings. The monoisotopic (exact) mass is 294 g/mol. The smallest absolute Gasteiger partial charge is 0.292 e. The second-order valence-corrected chi connectivity index (χ2v) is 4.96. The summed E-state index contributed by atoms with van der Waals surface area (Å²) in [5.41, 5.74) is 1.47. The van der Waals surface area contributed by atoms with Crippen LogP contribution in [0.1, 0.15) is 12.5 Å². The first-order valence-corrected chi connectivity index (χ1v) is 6.96. The average Bonchev–Trinajstić information content (AvgIpc) is 2.83. The standard InChI is InChI=1S/C11H14N6O2S/c1-3-12-9-5-4-8(6-10(9)17(18)19)7-20-11-13-14-15-16(11)2/h4-6,12H,3,7H2,1-2H3. The van der Waals surface area contributed by atoms with Gasteiger partial charge in [0.25, 0.3) is 5.69 Å². The minimum Gasteiger partial charge on any atom is -0.380 e. The third-order valence-corrected chi connectivity index (χ3v) is 3.66. The van der Waals surface area contributed by atoms with Crippen molar-refractivity contribution in [3.05, 3.63) is 33.9 Å². The lowest BCUT2D eigenvalue weighted by Crippen LogP contribution is -2.01. The van der Waals surface area contributed by atoms with E-state index in [0.717, 1.165) is 5.56 Å². The fraction of sp³-hybridized carbons (Fsp3) is 0.364. The van der Waals surface area contributed by atoms with Crippen molar-refractivity contribution in [1.29, 1.82) is 0 Å². The van der Waals surface area contributed by atoms with Crippen LogP contribution >= 0.6 is 11.8 Å². The third kappa shape index (κ3) is 3.23. The van der Waals surface area contributed by atoms with Crippen LogP contribution < -0.4 is 5.32 Å². The Morgan fingerprint density at radius 1 is 1.50 bits per heavy atom. The van der Waals surface area contributed by atoms with Crippen LogP contribution in [0.25, 0.3) is 0 Å². The van der Waals surface area contributed by atoms with Crippen molar-refractivity contribution in [1.82, 2.24) is 20.2 Å². The molecule has 8 nitrogen and oxygen atoms in total. The number of hydrogen-bond donors (Lipinski definition) is 1. The van der Waals surface area contributed by atoms with Gasteiger partial charge >= 0.3 is 0 Å². The predicted molar refractivity (Wildman–Crippen MR) is 75.6 cm³/mol. The van der Waals surface area contributed by atoms with Crippen molar-refractivity contribution in [2.45, 2.75) is 17.8 Å². The number of nitrogens with one attached hydrogen (secondary N) is 1. The second kappa shape index (κ2) is 6.33. The van der Waals surface area contributed by atoms with Gasteiger partial charge in [0.15, 0.2) is 0 Å². The number of nitro groups is 1. The zero-order valence-corrected chi connectivity index (χ0v) is 11.9. The molecule has 0 spiro atoms. The number of tetrazole rings is 1. The van der Waals surface area contributed by atoms with E-state index >= 15 is 0 Å². The first kappa shape index (κ1) is 14.3. The Morgan fingerprint density at radius 2 is 2.30 bits per heavy atom. The van der Waals surface area contributed by atoms with Gasteiger partial charge in [-0.1, -0.05) is 17.8 Å². The molecule has 0 atom stereocenters. The molecule has 0 radical (unpaired) electrons. The van der Waals surface area contributed by atoms with E-state index in [1.165, 1.54) is 11.8 Å². The maximum Gasteiger partial charge on any atom is 0.292 e. The molecular weight excluding hydrogens is 280 g/mol. The minimum absolute atomic E-state index is 0.0843. The number of aromatic nitrogens is 4. The number of aryl methyl sites for hydroxylation is 1. The van der Waals surface area contributed by atoms with Gasteiger partial charge in [-0.25, -0.2) is 4.68 Å². The molecule has 0 saturated heterocycles. The van der Waals surface area contributed by atoms with Crippen LogP contribution in [0.3, 0.4) is 0 Å². The van der Waals surface area contributed by atoms with Crippen molar-refractivity contribution in [3.63, 3.8) is 0 Å². The summed E-state index contributed by atoms with van der Waals surface area (Å²) in [6, 6.07) is 5.17. The number of hydrogen-bond acceptors (Lipinski definition) is 7. The highest BCUT2D eigenvalue weighted by Crippen LogP contribution is 2.28. The molecule has 2 rings (SSSR count). The van der Waals surface area contributed by atoms with E-state index < -0.39 is 0 Å². The van der Waals surface area contributed by atoms with E-state index in [4.69, 9.17) is 0 Å². The molecule has 1 N–H and O–H groups in total. The molecule has 0 saturated carbocycles. The van der Waals surface area contributed by atoms with E-state index in [9.17, 15) is 10.1 Å². The van der Waals surface area contributed by atoms with Gasteiger partial charge in [-0.2, -0.15) is 0 Å². The molecule has 0 aliphatic rings. The first-order valence-electron chi connectivity index (χ1n) is 5.98. The Bertz CT molecular complexity index is 615. The molecule has 0 aliphatic heterocycles. The molecule has 1 aromatic carbocycles. The lowest BCUT2D eigenvalue weighted by molar-refractivity contribution is -0.384. The van der Waals surface area contributed by atoms with Gasteiger partial charge in [0.2, 0.25) is 5.16 Å². The van der Waals surface area contributed by atoms with Crippen LogP contribution in [0.15, 0.2) is 23.4 Å². The zero-order chi connectivity index (χ0) is 14.5. The third-order valence-electron chi connectivity index (χ3n) is 2.58. The summed E-state index contributed by atoms with van der Waals surface area (Å²) >= 11 is 1.43. The Kier molecular flexibility index (Phi) is 4.51. The van der Waals surface area contributed by atoms with Crippen molar-refractivity contribution >= 4 is 23.1 Å². The highest BCUT2D eigenvalue weighted by Gasteiger charge is 2.14. The highest BCUT2D eigenvalue weighted by molar-refractivity contribution is 7.98. The van der Waals surface area contributed by atoms with Crippen molar-refractivity contribution < 1.29 is 4.92 Å². The fourth-order valence-corrected chi connectivity index (χ4v) is 2.44. The lowest BCUT2D eigenvalue weighted by Gasteiger charge is -2.06. The van der Waals surface area contributed by atoms with Crippen LogP contribution in [0.4, 0.5) is 11.4 Å². The van der Waals surface area contributed by atoms with E-state index in [2.05, 4.69) is 20.8 Å². The number of anilines is 1. The lowest BCUT2D eigenvalue weighted by atomic mass is 10.2. The number of thioether (sulfide) groups is 1. The first-order chi connectivity index (χ1) is 9.61. The molecule has 0 unspecified atom stereocenters. The Morgan fingerprint density at radius 3 is 2.90 bits per heavy atom. The number of benzene rings is 1. The molecule has 1 aromatic heterocycles. The number of nitrogens with zero attached hydrogens (tertiary/aromatic N) is 5. The van der Waals surface area contributed by atoms with Gasteiger partial charge in [0, 0.05) is 25.4 Å². The normalized spacial score (nSPS) is 10.5. The maximum absolute atomic E-state index is 11.1. The number of rotatable bonds is 6. The average molecular weight is 294 g/mol. The van der Waals surface area contributed by atoms with E-state index in [1.54, 1.807) is 23.9 Å². The molecule has 106 valence electrons. The van der Waals surface area contributed by atoms with Crippen LogP contribution in [0.2, 0.25) is 0 Å². The van der Waals surface area contributed by atoms with Crippen molar-refractivity contribution in [2.75, 3.05) is 11.9 Å². The van der Waals surface area contributed by atoms with Gasteiger partial charge in [0.1, 0.15) is 5.69 Å². The topological polar surface area (TPSA) is 98.8 Å². The van der Waals surface area contributed by atoms with Crippen molar-refractivity contribution in [2.24, 2.45) is 7.05 Å². The molecule has 0 fully saturated rings. The van der Waals surface area contributed by atoms with Gasteiger partial charge in [0.05, 0.1) is 4.92 Å². The molecule has 0 amide bonds.